The van der Waals surface area contributed by atoms with Crippen LogP contribution in [-0.4, -0.2) is 18.0 Å². The zero-order valence-corrected chi connectivity index (χ0v) is 12.4. The van der Waals surface area contributed by atoms with Crippen LogP contribution < -0.4 is 10.6 Å². The summed E-state index contributed by atoms with van der Waals surface area (Å²) in [5.41, 5.74) is 0.940. The topological polar surface area (TPSA) is 41.1 Å². The average molecular weight is 290 g/mol. The molecule has 2 aliphatic rings. The van der Waals surface area contributed by atoms with E-state index in [2.05, 4.69) is 10.6 Å². The zero-order chi connectivity index (χ0) is 14.8. The van der Waals surface area contributed by atoms with Gasteiger partial charge in [-0.05, 0) is 56.2 Å². The minimum atomic E-state index is -0.248. The molecule has 0 saturated carbocycles. The molecule has 3 nitrogen and oxygen atoms in total. The van der Waals surface area contributed by atoms with Crippen molar-refractivity contribution in [2.24, 2.45) is 5.92 Å². The van der Waals surface area contributed by atoms with E-state index in [-0.39, 0.29) is 17.8 Å². The van der Waals surface area contributed by atoms with Crippen molar-refractivity contribution < 1.29 is 9.18 Å². The van der Waals surface area contributed by atoms with E-state index in [1.54, 1.807) is 12.1 Å². The number of halogens is 1. The lowest BCUT2D eigenvalue weighted by atomic mass is 9.89. The lowest BCUT2D eigenvalue weighted by Crippen LogP contribution is -2.40. The van der Waals surface area contributed by atoms with E-state index in [1.165, 1.54) is 25.0 Å². The quantitative estimate of drug-likeness (QED) is 0.895. The van der Waals surface area contributed by atoms with E-state index in [0.29, 0.717) is 24.4 Å². The molecule has 1 aromatic carbocycles. The summed E-state index contributed by atoms with van der Waals surface area (Å²) >= 11 is 0. The van der Waals surface area contributed by atoms with Crippen LogP contribution in [0.4, 0.5) is 4.39 Å². The second kappa shape index (κ2) is 6.14. The van der Waals surface area contributed by atoms with Gasteiger partial charge in [-0.25, -0.2) is 4.39 Å². The molecule has 0 spiro atoms. The first-order valence-electron chi connectivity index (χ1n) is 7.91. The molecule has 1 amide bonds. The van der Waals surface area contributed by atoms with Crippen molar-refractivity contribution in [1.82, 2.24) is 10.6 Å². The van der Waals surface area contributed by atoms with Gasteiger partial charge in [0.25, 0.3) is 0 Å². The fourth-order valence-electron chi connectivity index (χ4n) is 3.74. The van der Waals surface area contributed by atoms with Crippen LogP contribution in [0.3, 0.4) is 0 Å². The number of hydrogen-bond donors (Lipinski definition) is 2. The van der Waals surface area contributed by atoms with E-state index in [1.807, 2.05) is 6.92 Å². The Labute approximate surface area is 125 Å². The molecule has 4 heteroatoms. The standard InChI is InChI=1S/C17H23FN2O/c1-11(13-2-4-14(18)5-3-13)19-17(21)10-12-8-15-6-7-16(9-12)20-15/h2-5,11-12,15-16,20H,6-10H2,1H3,(H,19,21)/t11-,12?,15?,16?/m1/s1. The minimum absolute atomic E-state index is 0.0727. The Hall–Kier alpha value is -1.42. The molecule has 1 aromatic rings. The van der Waals surface area contributed by atoms with E-state index >= 15 is 0 Å². The van der Waals surface area contributed by atoms with Crippen LogP contribution in [0.2, 0.25) is 0 Å². The van der Waals surface area contributed by atoms with Gasteiger partial charge in [-0.2, -0.15) is 0 Å². The summed E-state index contributed by atoms with van der Waals surface area (Å²) in [5.74, 6) is 0.366. The molecular weight excluding hydrogens is 267 g/mol. The van der Waals surface area contributed by atoms with Crippen LogP contribution in [0.1, 0.15) is 50.6 Å². The van der Waals surface area contributed by atoms with Crippen LogP contribution in [0.25, 0.3) is 0 Å². The van der Waals surface area contributed by atoms with Crippen LogP contribution in [-0.2, 0) is 4.79 Å². The Morgan fingerprint density at radius 1 is 1.29 bits per heavy atom. The number of rotatable bonds is 4. The summed E-state index contributed by atoms with van der Waals surface area (Å²) in [6.07, 6.45) is 5.37. The number of fused-ring (bicyclic) bond motifs is 2. The molecular formula is C17H23FN2O. The molecule has 2 bridgehead atoms. The van der Waals surface area contributed by atoms with E-state index in [4.69, 9.17) is 0 Å². The number of piperidine rings is 1. The first-order chi connectivity index (χ1) is 10.1. The second-order valence-electron chi connectivity index (χ2n) is 6.52. The summed E-state index contributed by atoms with van der Waals surface area (Å²) in [5, 5.41) is 6.63. The Morgan fingerprint density at radius 3 is 2.52 bits per heavy atom. The molecule has 2 aliphatic heterocycles. The fraction of sp³-hybridized carbons (Fsp3) is 0.588. The molecule has 2 saturated heterocycles. The monoisotopic (exact) mass is 290 g/mol. The molecule has 0 aromatic heterocycles. The predicted molar refractivity (Wildman–Crippen MR) is 80.2 cm³/mol. The summed E-state index contributed by atoms with van der Waals surface area (Å²) in [6.45, 7) is 1.94. The lowest BCUT2D eigenvalue weighted by molar-refractivity contribution is -0.122. The number of benzene rings is 1. The van der Waals surface area contributed by atoms with E-state index < -0.39 is 0 Å². The third-order valence-electron chi connectivity index (χ3n) is 4.79. The molecule has 3 rings (SSSR count). The van der Waals surface area contributed by atoms with Gasteiger partial charge in [0, 0.05) is 18.5 Å². The Bertz CT molecular complexity index is 490. The van der Waals surface area contributed by atoms with Crippen LogP contribution in [0, 0.1) is 11.7 Å². The maximum atomic E-state index is 12.9. The number of carbonyl (C=O) groups is 1. The van der Waals surface area contributed by atoms with Crippen molar-refractivity contribution in [3.05, 3.63) is 35.6 Å². The summed E-state index contributed by atoms with van der Waals surface area (Å²) < 4.78 is 12.9. The van der Waals surface area contributed by atoms with Crippen LogP contribution >= 0.6 is 0 Å². The number of nitrogens with one attached hydrogen (secondary N) is 2. The fourth-order valence-corrected chi connectivity index (χ4v) is 3.74. The Balaban J connectivity index is 1.50. The largest absolute Gasteiger partial charge is 0.350 e. The van der Waals surface area contributed by atoms with Crippen molar-refractivity contribution in [1.29, 1.82) is 0 Å². The molecule has 2 fully saturated rings. The van der Waals surface area contributed by atoms with Crippen molar-refractivity contribution in [3.63, 3.8) is 0 Å². The summed E-state index contributed by atoms with van der Waals surface area (Å²) in [7, 11) is 0. The average Bonchev–Trinajstić information content (AvgIpc) is 2.78. The second-order valence-corrected chi connectivity index (χ2v) is 6.52. The summed E-state index contributed by atoms with van der Waals surface area (Å²) in [6, 6.07) is 7.49. The highest BCUT2D eigenvalue weighted by molar-refractivity contribution is 5.76. The highest BCUT2D eigenvalue weighted by atomic mass is 19.1. The van der Waals surface area contributed by atoms with Gasteiger partial charge in [-0.1, -0.05) is 12.1 Å². The van der Waals surface area contributed by atoms with Crippen molar-refractivity contribution in [2.75, 3.05) is 0 Å². The van der Waals surface area contributed by atoms with Gasteiger partial charge in [0.2, 0.25) is 5.91 Å². The summed E-state index contributed by atoms with van der Waals surface area (Å²) in [4.78, 5) is 12.2. The molecule has 114 valence electrons. The molecule has 2 heterocycles. The van der Waals surface area contributed by atoms with E-state index in [0.717, 1.165) is 18.4 Å². The van der Waals surface area contributed by atoms with Gasteiger partial charge in [-0.3, -0.25) is 4.79 Å². The van der Waals surface area contributed by atoms with Gasteiger partial charge in [0.05, 0.1) is 6.04 Å². The predicted octanol–water partition coefficient (Wildman–Crippen LogP) is 2.92. The zero-order valence-electron chi connectivity index (χ0n) is 12.4. The maximum absolute atomic E-state index is 12.9. The number of hydrogen-bond acceptors (Lipinski definition) is 2. The molecule has 2 N–H and O–H groups in total. The van der Waals surface area contributed by atoms with Gasteiger partial charge in [-0.15, -0.1) is 0 Å². The molecule has 3 atom stereocenters. The first-order valence-corrected chi connectivity index (χ1v) is 7.91. The number of carbonyl (C=O) groups excluding carboxylic acids is 1. The van der Waals surface area contributed by atoms with Crippen molar-refractivity contribution in [3.8, 4) is 0 Å². The van der Waals surface area contributed by atoms with E-state index in [9.17, 15) is 9.18 Å². The molecule has 21 heavy (non-hydrogen) atoms. The third kappa shape index (κ3) is 3.62. The smallest absolute Gasteiger partial charge is 0.220 e. The molecule has 2 unspecified atom stereocenters. The third-order valence-corrected chi connectivity index (χ3v) is 4.79. The minimum Gasteiger partial charge on any atom is -0.350 e. The first kappa shape index (κ1) is 14.5. The highest BCUT2D eigenvalue weighted by Gasteiger charge is 2.34. The maximum Gasteiger partial charge on any atom is 0.220 e. The van der Waals surface area contributed by atoms with Crippen molar-refractivity contribution in [2.45, 2.75) is 57.2 Å². The van der Waals surface area contributed by atoms with Gasteiger partial charge in [0.15, 0.2) is 0 Å². The Morgan fingerprint density at radius 2 is 1.90 bits per heavy atom. The van der Waals surface area contributed by atoms with Gasteiger partial charge >= 0.3 is 0 Å². The van der Waals surface area contributed by atoms with Crippen LogP contribution in [0.5, 0.6) is 0 Å². The lowest BCUT2D eigenvalue weighted by Gasteiger charge is -2.29. The molecule has 0 radical (unpaired) electrons. The number of amides is 1. The van der Waals surface area contributed by atoms with Gasteiger partial charge < -0.3 is 10.6 Å². The molecule has 0 aliphatic carbocycles. The van der Waals surface area contributed by atoms with Crippen LogP contribution in [0.15, 0.2) is 24.3 Å². The van der Waals surface area contributed by atoms with Crippen molar-refractivity contribution >= 4 is 5.91 Å². The Kier molecular flexibility index (Phi) is 4.24. The SMILES string of the molecule is C[C@@H](NC(=O)CC1CC2CCC(C1)N2)c1ccc(F)cc1. The normalized spacial score (nSPS) is 29.1. The van der Waals surface area contributed by atoms with Gasteiger partial charge in [0.1, 0.15) is 5.82 Å². The highest BCUT2D eigenvalue weighted by Crippen LogP contribution is 2.32.